The number of benzene rings is 1. The first kappa shape index (κ1) is 15.4. The molecule has 1 rings (SSSR count). The molecule has 1 aromatic rings. The summed E-state index contributed by atoms with van der Waals surface area (Å²) in [6, 6.07) is 1.78. The van der Waals surface area contributed by atoms with Crippen LogP contribution in [0.15, 0.2) is 18.2 Å². The van der Waals surface area contributed by atoms with Crippen molar-refractivity contribution in [2.75, 3.05) is 5.32 Å². The molecule has 0 fully saturated rings. The van der Waals surface area contributed by atoms with Crippen molar-refractivity contribution in [1.82, 2.24) is 0 Å². The Morgan fingerprint density at radius 2 is 2.05 bits per heavy atom. The molecule has 0 aliphatic carbocycles. The predicted molar refractivity (Wildman–Crippen MR) is 60.9 cm³/mol. The lowest BCUT2D eigenvalue weighted by atomic mass is 10.1. The van der Waals surface area contributed by atoms with Crippen LogP contribution in [0, 0.1) is 5.82 Å². The number of aliphatic hydroxyl groups excluding tert-OH is 1. The van der Waals surface area contributed by atoms with Crippen LogP contribution in [0.25, 0.3) is 0 Å². The first-order valence-electron chi connectivity index (χ1n) is 5.55. The second kappa shape index (κ2) is 6.01. The van der Waals surface area contributed by atoms with Crippen LogP contribution >= 0.6 is 0 Å². The van der Waals surface area contributed by atoms with Gasteiger partial charge in [0.05, 0.1) is 17.4 Å². The summed E-state index contributed by atoms with van der Waals surface area (Å²) < 4.78 is 50.6. The van der Waals surface area contributed by atoms with Crippen LogP contribution in [-0.2, 0) is 11.0 Å². The normalized spacial score (nSPS) is 13.2. The monoisotopic (exact) mass is 279 g/mol. The third-order valence-electron chi connectivity index (χ3n) is 2.36. The van der Waals surface area contributed by atoms with E-state index >= 15 is 0 Å². The van der Waals surface area contributed by atoms with Crippen LogP contribution in [-0.4, -0.2) is 17.1 Å². The minimum absolute atomic E-state index is 0.104. The van der Waals surface area contributed by atoms with Crippen molar-refractivity contribution in [2.24, 2.45) is 0 Å². The third-order valence-corrected chi connectivity index (χ3v) is 2.36. The highest BCUT2D eigenvalue weighted by Gasteiger charge is 2.31. The number of halogens is 4. The first-order valence-corrected chi connectivity index (χ1v) is 5.55. The van der Waals surface area contributed by atoms with Crippen molar-refractivity contribution < 1.29 is 27.5 Å². The summed E-state index contributed by atoms with van der Waals surface area (Å²) >= 11 is 0. The molecule has 0 spiro atoms. The molecule has 1 unspecified atom stereocenters. The maximum absolute atomic E-state index is 13.3. The maximum atomic E-state index is 13.3. The van der Waals surface area contributed by atoms with E-state index in [1.807, 2.05) is 0 Å². The van der Waals surface area contributed by atoms with Crippen molar-refractivity contribution in [1.29, 1.82) is 0 Å². The topological polar surface area (TPSA) is 49.3 Å². The maximum Gasteiger partial charge on any atom is 0.416 e. The summed E-state index contributed by atoms with van der Waals surface area (Å²) in [7, 11) is 0. The Labute approximate surface area is 107 Å². The van der Waals surface area contributed by atoms with E-state index in [1.54, 1.807) is 0 Å². The van der Waals surface area contributed by atoms with E-state index in [0.29, 0.717) is 18.2 Å². The van der Waals surface area contributed by atoms with Crippen molar-refractivity contribution in [3.8, 4) is 0 Å². The fourth-order valence-corrected chi connectivity index (χ4v) is 1.35. The number of anilines is 1. The van der Waals surface area contributed by atoms with Gasteiger partial charge in [-0.05, 0) is 31.5 Å². The molecule has 0 radical (unpaired) electrons. The number of amides is 1. The average molecular weight is 279 g/mol. The summed E-state index contributed by atoms with van der Waals surface area (Å²) in [5.41, 5.74) is -1.56. The summed E-state index contributed by atoms with van der Waals surface area (Å²) in [6.07, 6.45) is -5.27. The lowest BCUT2D eigenvalue weighted by Gasteiger charge is -2.11. The van der Waals surface area contributed by atoms with Crippen molar-refractivity contribution >= 4 is 11.6 Å². The van der Waals surface area contributed by atoms with Gasteiger partial charge in [0, 0.05) is 6.42 Å². The van der Waals surface area contributed by atoms with E-state index < -0.39 is 35.3 Å². The van der Waals surface area contributed by atoms with Gasteiger partial charge in [-0.1, -0.05) is 0 Å². The van der Waals surface area contributed by atoms with Crippen LogP contribution < -0.4 is 5.32 Å². The fourth-order valence-electron chi connectivity index (χ4n) is 1.35. The minimum atomic E-state index is -4.60. The molecule has 0 aromatic heterocycles. The molecule has 2 N–H and O–H groups in total. The summed E-state index contributed by atoms with van der Waals surface area (Å²) in [4.78, 5) is 11.4. The van der Waals surface area contributed by atoms with Crippen LogP contribution in [0.5, 0.6) is 0 Å². The molecular weight excluding hydrogens is 266 g/mol. The average Bonchev–Trinajstić information content (AvgIpc) is 2.28. The molecule has 0 bridgehead atoms. The summed E-state index contributed by atoms with van der Waals surface area (Å²) in [5.74, 6) is -1.60. The van der Waals surface area contributed by atoms with Gasteiger partial charge in [0.15, 0.2) is 0 Å². The van der Waals surface area contributed by atoms with E-state index in [2.05, 4.69) is 5.32 Å². The zero-order valence-electron chi connectivity index (χ0n) is 10.1. The smallest absolute Gasteiger partial charge is 0.393 e. The number of hydrogen-bond donors (Lipinski definition) is 2. The lowest BCUT2D eigenvalue weighted by Crippen LogP contribution is -2.16. The summed E-state index contributed by atoms with van der Waals surface area (Å²) in [5, 5.41) is 11.0. The molecule has 0 saturated heterocycles. The number of hydrogen-bond acceptors (Lipinski definition) is 2. The highest BCUT2D eigenvalue weighted by Crippen LogP contribution is 2.31. The van der Waals surface area contributed by atoms with E-state index in [4.69, 9.17) is 5.11 Å². The molecule has 0 aliphatic heterocycles. The molecule has 1 atom stereocenters. The zero-order valence-corrected chi connectivity index (χ0v) is 10.1. The van der Waals surface area contributed by atoms with Gasteiger partial charge in [-0.15, -0.1) is 0 Å². The molecule has 0 aliphatic rings. The van der Waals surface area contributed by atoms with Gasteiger partial charge >= 0.3 is 6.18 Å². The van der Waals surface area contributed by atoms with Crippen LogP contribution in [0.4, 0.5) is 23.2 Å². The molecule has 7 heteroatoms. The van der Waals surface area contributed by atoms with Crippen LogP contribution in [0.3, 0.4) is 0 Å². The molecule has 0 heterocycles. The SMILES string of the molecule is CC(O)CCC(=O)Nc1cc(C(F)(F)F)ccc1F. The van der Waals surface area contributed by atoms with Gasteiger partial charge in [0.25, 0.3) is 0 Å². The molecule has 1 aromatic carbocycles. The van der Waals surface area contributed by atoms with Crippen LogP contribution in [0.2, 0.25) is 0 Å². The van der Waals surface area contributed by atoms with Crippen LogP contribution in [0.1, 0.15) is 25.3 Å². The van der Waals surface area contributed by atoms with Gasteiger partial charge in [0.1, 0.15) is 5.82 Å². The predicted octanol–water partition coefficient (Wildman–Crippen LogP) is 2.94. The number of aliphatic hydroxyl groups is 1. The quantitative estimate of drug-likeness (QED) is 0.832. The number of rotatable bonds is 4. The Morgan fingerprint density at radius 3 is 2.58 bits per heavy atom. The molecule has 19 heavy (non-hydrogen) atoms. The molecular formula is C12H13F4NO2. The second-order valence-electron chi connectivity index (χ2n) is 4.13. The summed E-state index contributed by atoms with van der Waals surface area (Å²) in [6.45, 7) is 1.47. The van der Waals surface area contributed by atoms with Gasteiger partial charge in [0.2, 0.25) is 5.91 Å². The molecule has 3 nitrogen and oxygen atoms in total. The van der Waals surface area contributed by atoms with E-state index in [0.717, 1.165) is 0 Å². The Kier molecular flexibility index (Phi) is 4.88. The fraction of sp³-hybridized carbons (Fsp3) is 0.417. The van der Waals surface area contributed by atoms with Crippen molar-refractivity contribution in [3.63, 3.8) is 0 Å². The van der Waals surface area contributed by atoms with Crippen molar-refractivity contribution in [3.05, 3.63) is 29.6 Å². The van der Waals surface area contributed by atoms with E-state index in [9.17, 15) is 22.4 Å². The zero-order chi connectivity index (χ0) is 14.6. The van der Waals surface area contributed by atoms with Gasteiger partial charge in [-0.2, -0.15) is 13.2 Å². The Bertz CT molecular complexity index is 458. The molecule has 0 saturated carbocycles. The number of carbonyl (C=O) groups excluding carboxylic acids is 1. The highest BCUT2D eigenvalue weighted by molar-refractivity contribution is 5.90. The minimum Gasteiger partial charge on any atom is -0.393 e. The number of nitrogens with one attached hydrogen (secondary N) is 1. The van der Waals surface area contributed by atoms with Gasteiger partial charge in [-0.3, -0.25) is 4.79 Å². The number of carbonyl (C=O) groups is 1. The van der Waals surface area contributed by atoms with Gasteiger partial charge in [-0.25, -0.2) is 4.39 Å². The molecule has 1 amide bonds. The molecule has 106 valence electrons. The Balaban J connectivity index is 2.80. The first-order chi connectivity index (χ1) is 8.70. The second-order valence-corrected chi connectivity index (χ2v) is 4.13. The third kappa shape index (κ3) is 4.86. The lowest BCUT2D eigenvalue weighted by molar-refractivity contribution is -0.137. The van der Waals surface area contributed by atoms with E-state index in [-0.39, 0.29) is 12.8 Å². The largest absolute Gasteiger partial charge is 0.416 e. The number of alkyl halides is 3. The highest BCUT2D eigenvalue weighted by atomic mass is 19.4. The Hall–Kier alpha value is -1.63. The van der Waals surface area contributed by atoms with Gasteiger partial charge < -0.3 is 10.4 Å². The standard InChI is InChI=1S/C12H13F4NO2/c1-7(18)2-5-11(19)17-10-6-8(12(14,15)16)3-4-9(10)13/h3-4,6-7,18H,2,5H2,1H3,(H,17,19). The Morgan fingerprint density at radius 1 is 1.42 bits per heavy atom. The van der Waals surface area contributed by atoms with E-state index in [1.165, 1.54) is 6.92 Å². The van der Waals surface area contributed by atoms with Crippen molar-refractivity contribution in [2.45, 2.75) is 32.0 Å².